The van der Waals surface area contributed by atoms with E-state index in [1.54, 1.807) is 80.6 Å². The number of amides is 10. The number of nitrogens with zero attached hydrogens (tertiary/aromatic N) is 4. The van der Waals surface area contributed by atoms with Crippen LogP contribution >= 0.6 is 21.6 Å². The lowest BCUT2D eigenvalue weighted by Gasteiger charge is -2.32. The van der Waals surface area contributed by atoms with Gasteiger partial charge in [-0.1, -0.05) is 120 Å². The number of hydrogen-bond donors (Lipinski definition) is 11. The van der Waals surface area contributed by atoms with Gasteiger partial charge in [-0.3, -0.25) is 47.9 Å². The first-order valence-electron chi connectivity index (χ1n) is 28.1. The first-order chi connectivity index (χ1) is 40.2. The number of hydrogen-bond acceptors (Lipinski definition) is 15. The summed E-state index contributed by atoms with van der Waals surface area (Å²) in [4.78, 5) is 146. The highest BCUT2D eigenvalue weighted by Crippen LogP contribution is 2.44. The monoisotopic (exact) mass is 1200 g/mol. The topological polar surface area (TPSA) is 405 Å². The number of likely N-dealkylation sites (tertiary alicyclic amines) is 1. The minimum Gasteiger partial charge on any atom is -0.508 e. The van der Waals surface area contributed by atoms with Gasteiger partial charge < -0.3 is 64.4 Å². The van der Waals surface area contributed by atoms with Crippen molar-refractivity contribution in [3.05, 3.63) is 106 Å². The van der Waals surface area contributed by atoms with Gasteiger partial charge in [0.1, 0.15) is 54.1 Å². The zero-order valence-electron chi connectivity index (χ0n) is 47.1. The van der Waals surface area contributed by atoms with Crippen molar-refractivity contribution in [2.24, 2.45) is 33.6 Å². The maximum atomic E-state index is 15.0. The molecule has 14 N–H and O–H groups in total. The third kappa shape index (κ3) is 18.8. The number of phenols is 1. The number of nitrogens with two attached hydrogens (primary N) is 3. The SMILES string of the molecule is CC(C)[C@@H]1NC(=O)[C@H](Cc2ccccc2)NC(=O)[C@H](Cc2ccc(N=[N+]=[N-])cc2)NC(=O)C2(CCCC2)CSSC[C@@H](C(=O)N2CCC[C@H]2C(=O)N[C@@H](CCCCN)C(=O)N[C@H](Cc2ccc(O)cc2)C(N)=O)NC(=O)[C@H](CC(N)=O)NC1=O. The van der Waals surface area contributed by atoms with Crippen LogP contribution in [-0.4, -0.2) is 142 Å². The number of benzene rings is 3. The van der Waals surface area contributed by atoms with Crippen LogP contribution in [0.4, 0.5) is 5.69 Å². The third-order valence-electron chi connectivity index (χ3n) is 15.1. The smallest absolute Gasteiger partial charge is 0.246 e. The Morgan fingerprint density at radius 2 is 1.37 bits per heavy atom. The van der Waals surface area contributed by atoms with Crippen LogP contribution < -0.4 is 54.4 Å². The number of nitrogens with one attached hydrogen (secondary N) is 7. The fourth-order valence-corrected chi connectivity index (χ4v) is 13.2. The lowest BCUT2D eigenvalue weighted by Crippen LogP contribution is -2.62. The van der Waals surface area contributed by atoms with Crippen molar-refractivity contribution in [3.8, 4) is 5.75 Å². The minimum absolute atomic E-state index is 0.00207. The van der Waals surface area contributed by atoms with Gasteiger partial charge in [-0.25, -0.2) is 0 Å². The van der Waals surface area contributed by atoms with E-state index >= 15 is 4.79 Å². The van der Waals surface area contributed by atoms with Crippen LogP contribution in [0.3, 0.4) is 0 Å². The van der Waals surface area contributed by atoms with Crippen molar-refractivity contribution < 1.29 is 53.1 Å². The predicted octanol–water partition coefficient (Wildman–Crippen LogP) is 1.85. The Morgan fingerprint density at radius 1 is 0.750 bits per heavy atom. The molecule has 452 valence electrons. The third-order valence-corrected chi connectivity index (χ3v) is 17.7. The molecule has 0 bridgehead atoms. The molecule has 27 heteroatoms. The summed E-state index contributed by atoms with van der Waals surface area (Å²) in [5.41, 5.74) is 27.3. The molecule has 0 radical (unpaired) electrons. The summed E-state index contributed by atoms with van der Waals surface area (Å²) in [5, 5.41) is 32.7. The Kier molecular flexibility index (Phi) is 24.6. The van der Waals surface area contributed by atoms with Gasteiger partial charge in [0.2, 0.25) is 59.1 Å². The predicted molar refractivity (Wildman–Crippen MR) is 316 cm³/mol. The molecule has 3 fully saturated rings. The molecular weight excluding hydrogens is 1120 g/mol. The summed E-state index contributed by atoms with van der Waals surface area (Å²) in [6.07, 6.45) is 2.96. The second-order valence-electron chi connectivity index (χ2n) is 21.8. The average Bonchev–Trinajstić information content (AvgIpc) is 4.06. The second kappa shape index (κ2) is 31.7. The van der Waals surface area contributed by atoms with Crippen LogP contribution in [0.5, 0.6) is 5.75 Å². The van der Waals surface area contributed by atoms with Crippen LogP contribution in [-0.2, 0) is 67.2 Å². The molecule has 3 aromatic carbocycles. The minimum atomic E-state index is -1.68. The molecule has 3 aromatic rings. The number of phenolic OH excluding ortho intramolecular Hbond substituents is 1. The van der Waals surface area contributed by atoms with Crippen LogP contribution in [0.1, 0.15) is 94.7 Å². The summed E-state index contributed by atoms with van der Waals surface area (Å²) in [7, 11) is 2.41. The molecule has 0 unspecified atom stereocenters. The Morgan fingerprint density at radius 3 is 2.00 bits per heavy atom. The van der Waals surface area contributed by atoms with Crippen molar-refractivity contribution >= 4 is 86.3 Å². The molecule has 10 amide bonds. The first-order valence-corrected chi connectivity index (χ1v) is 30.6. The normalized spacial score (nSPS) is 22.4. The van der Waals surface area contributed by atoms with Gasteiger partial charge in [-0.05, 0) is 91.8 Å². The molecule has 8 atom stereocenters. The Labute approximate surface area is 495 Å². The highest BCUT2D eigenvalue weighted by atomic mass is 33.1. The van der Waals surface area contributed by atoms with E-state index < -0.39 is 125 Å². The molecule has 2 aliphatic heterocycles. The van der Waals surface area contributed by atoms with E-state index in [0.29, 0.717) is 73.9 Å². The van der Waals surface area contributed by atoms with Gasteiger partial charge in [0, 0.05) is 47.9 Å². The Balaban J connectivity index is 1.31. The lowest BCUT2D eigenvalue weighted by molar-refractivity contribution is -0.142. The number of rotatable bonds is 20. The fourth-order valence-electron chi connectivity index (χ4n) is 10.4. The van der Waals surface area contributed by atoms with E-state index in [4.69, 9.17) is 22.7 Å². The van der Waals surface area contributed by atoms with E-state index in [9.17, 15) is 48.3 Å². The fraction of sp³-hybridized carbons (Fsp3) is 0.509. The van der Waals surface area contributed by atoms with Crippen LogP contribution in [0.25, 0.3) is 10.4 Å². The van der Waals surface area contributed by atoms with Crippen LogP contribution in [0.15, 0.2) is 84.0 Å². The molecule has 1 saturated carbocycles. The highest BCUT2D eigenvalue weighted by Gasteiger charge is 2.45. The highest BCUT2D eigenvalue weighted by molar-refractivity contribution is 8.76. The maximum absolute atomic E-state index is 15.0. The van der Waals surface area contributed by atoms with Gasteiger partial charge in [0.15, 0.2) is 0 Å². The molecule has 0 aromatic heterocycles. The molecule has 1 spiro atoms. The van der Waals surface area contributed by atoms with Crippen molar-refractivity contribution in [2.75, 3.05) is 24.6 Å². The van der Waals surface area contributed by atoms with Crippen LogP contribution in [0.2, 0.25) is 0 Å². The largest absolute Gasteiger partial charge is 0.508 e. The average molecular weight is 1200 g/mol. The number of aromatic hydroxyl groups is 1. The van der Waals surface area contributed by atoms with Gasteiger partial charge >= 0.3 is 0 Å². The van der Waals surface area contributed by atoms with E-state index in [2.05, 4.69) is 47.2 Å². The standard InChI is InChI=1S/C57H76N14O11S2/c1-33(2)47-54(80)65-43(30-46(59)73)51(77)66-44(55(81)71-26-10-14-45(71)53(79)62-39(13-6-9-25-58)49(75)63-40(48(60)74)27-36-17-21-38(72)22-18-36)31-83-84-32-57(23-7-8-24-57)56(82)67-42(29-35-15-19-37(20-16-35)69-70-61)50(76)64-41(52(78)68-47)28-34-11-4-3-5-12-34/h3-5,11-12,15-22,33,39-45,47,72H,6-10,13-14,23-32,58H2,1-2H3,(H2,59,73)(H2,60,74)(H,62,79)(H,63,75)(H,64,76)(H,65,80)(H,66,77)(H,67,82)(H,68,78)/t39-,40+,41-,42-,43-,44-,45-,47-/m0/s1. The number of azide groups is 1. The summed E-state index contributed by atoms with van der Waals surface area (Å²) in [6.45, 7) is 3.61. The quantitative estimate of drug-likeness (QED) is 0.0253. The summed E-state index contributed by atoms with van der Waals surface area (Å²) in [5.74, 6) is -8.35. The number of primary amides is 2. The molecular formula is C57H76N14O11S2. The Bertz CT molecular complexity index is 2870. The van der Waals surface area contributed by atoms with E-state index in [0.717, 1.165) is 10.8 Å². The molecule has 1 aliphatic carbocycles. The van der Waals surface area contributed by atoms with Gasteiger partial charge in [0.25, 0.3) is 0 Å². The van der Waals surface area contributed by atoms with E-state index in [1.165, 1.54) is 27.8 Å². The summed E-state index contributed by atoms with van der Waals surface area (Å²) < 4.78 is 0. The maximum Gasteiger partial charge on any atom is 0.246 e. The van der Waals surface area contributed by atoms with Gasteiger partial charge in [-0.2, -0.15) is 0 Å². The van der Waals surface area contributed by atoms with Gasteiger partial charge in [-0.15, -0.1) is 0 Å². The van der Waals surface area contributed by atoms with E-state index in [1.807, 2.05) is 0 Å². The van der Waals surface area contributed by atoms with Crippen molar-refractivity contribution in [1.29, 1.82) is 0 Å². The zero-order chi connectivity index (χ0) is 60.9. The molecule has 25 nitrogen and oxygen atoms in total. The van der Waals surface area contributed by atoms with E-state index in [-0.39, 0.29) is 55.9 Å². The lowest BCUT2D eigenvalue weighted by atomic mass is 9.87. The van der Waals surface area contributed by atoms with Crippen molar-refractivity contribution in [3.63, 3.8) is 0 Å². The number of unbranched alkanes of at least 4 members (excludes halogenated alkanes) is 1. The first kappa shape index (κ1) is 65.3. The molecule has 2 heterocycles. The van der Waals surface area contributed by atoms with Crippen molar-refractivity contribution in [1.82, 2.24) is 42.1 Å². The molecule has 84 heavy (non-hydrogen) atoms. The van der Waals surface area contributed by atoms with Crippen molar-refractivity contribution in [2.45, 2.75) is 146 Å². The zero-order valence-corrected chi connectivity index (χ0v) is 48.7. The molecule has 2 saturated heterocycles. The summed E-state index contributed by atoms with van der Waals surface area (Å²) in [6, 6.07) is 10.7. The van der Waals surface area contributed by atoms with Crippen LogP contribution in [0, 0.1) is 11.3 Å². The number of carbonyl (C=O) groups is 10. The second-order valence-corrected chi connectivity index (χ2v) is 24.3. The summed E-state index contributed by atoms with van der Waals surface area (Å²) >= 11 is 0. The molecule has 3 aliphatic rings. The molecule has 6 rings (SSSR count). The van der Waals surface area contributed by atoms with Gasteiger partial charge in [0.05, 0.1) is 11.8 Å². The Hall–Kier alpha value is -7.87. The number of carbonyl (C=O) groups excluding carboxylic acids is 10.